The molecule has 0 saturated carbocycles. The summed E-state index contributed by atoms with van der Waals surface area (Å²) < 4.78 is 1.15. The highest BCUT2D eigenvalue weighted by Crippen LogP contribution is 2.22. The Balaban J connectivity index is 1.64. The largest absolute Gasteiger partial charge is 0.354 e. The molecule has 0 amide bonds. The van der Waals surface area contributed by atoms with Crippen molar-refractivity contribution in [1.29, 1.82) is 0 Å². The number of anilines is 1. The molecule has 2 aromatic rings. The number of halogens is 1. The molecule has 0 bridgehead atoms. The van der Waals surface area contributed by atoms with Gasteiger partial charge in [-0.1, -0.05) is 35.0 Å². The van der Waals surface area contributed by atoms with Crippen LogP contribution in [0.25, 0.3) is 0 Å². The van der Waals surface area contributed by atoms with Crippen molar-refractivity contribution in [3.05, 3.63) is 51.9 Å². The van der Waals surface area contributed by atoms with Gasteiger partial charge in [0.15, 0.2) is 0 Å². The van der Waals surface area contributed by atoms with Crippen LogP contribution in [0.5, 0.6) is 0 Å². The van der Waals surface area contributed by atoms with Crippen LogP contribution in [0.3, 0.4) is 0 Å². The van der Waals surface area contributed by atoms with E-state index in [1.54, 1.807) is 6.33 Å². The van der Waals surface area contributed by atoms with E-state index in [0.717, 1.165) is 55.1 Å². The van der Waals surface area contributed by atoms with Gasteiger partial charge in [-0.15, -0.1) is 0 Å². The summed E-state index contributed by atoms with van der Waals surface area (Å²) in [6, 6.07) is 8.58. The molecule has 5 heteroatoms. The number of aromatic nitrogens is 2. The van der Waals surface area contributed by atoms with Gasteiger partial charge in [-0.2, -0.15) is 0 Å². The molecule has 2 heterocycles. The second-order valence-corrected chi connectivity index (χ2v) is 6.92. The lowest BCUT2D eigenvalue weighted by Gasteiger charge is -2.36. The second kappa shape index (κ2) is 7.41. The number of rotatable bonds is 4. The van der Waals surface area contributed by atoms with E-state index in [4.69, 9.17) is 0 Å². The molecule has 1 aromatic heterocycles. The predicted octanol–water partition coefficient (Wildman–Crippen LogP) is 3.43. The van der Waals surface area contributed by atoms with E-state index in [0.29, 0.717) is 0 Å². The predicted molar refractivity (Wildman–Crippen MR) is 97.8 cm³/mol. The molecular weight excluding hydrogens is 352 g/mol. The van der Waals surface area contributed by atoms with Crippen LogP contribution in [0, 0.1) is 6.92 Å². The van der Waals surface area contributed by atoms with Crippen LogP contribution in [-0.2, 0) is 13.0 Å². The molecule has 1 aliphatic heterocycles. The number of nitrogens with zero attached hydrogens (tertiary/aromatic N) is 4. The quantitative estimate of drug-likeness (QED) is 0.820. The standard InChI is InChI=1S/C18H23BrN4/c1-3-17-14(2)20-13-21-18(17)23-9-7-22(8-10-23)12-15-5-4-6-16(19)11-15/h4-6,11,13H,3,7-10,12H2,1-2H3. The molecule has 3 rings (SSSR count). The van der Waals surface area contributed by atoms with Gasteiger partial charge in [-0.3, -0.25) is 4.90 Å². The zero-order valence-electron chi connectivity index (χ0n) is 13.8. The van der Waals surface area contributed by atoms with E-state index in [1.807, 2.05) is 0 Å². The molecule has 0 spiro atoms. The molecule has 4 nitrogen and oxygen atoms in total. The highest BCUT2D eigenvalue weighted by atomic mass is 79.9. The molecule has 122 valence electrons. The zero-order chi connectivity index (χ0) is 16.2. The third-order valence-corrected chi connectivity index (χ3v) is 4.95. The van der Waals surface area contributed by atoms with E-state index < -0.39 is 0 Å². The van der Waals surface area contributed by atoms with Crippen molar-refractivity contribution in [3.8, 4) is 0 Å². The van der Waals surface area contributed by atoms with Crippen molar-refractivity contribution < 1.29 is 0 Å². The van der Waals surface area contributed by atoms with E-state index in [9.17, 15) is 0 Å². The summed E-state index contributed by atoms with van der Waals surface area (Å²) in [6.07, 6.45) is 2.68. The maximum Gasteiger partial charge on any atom is 0.135 e. The molecule has 0 aliphatic carbocycles. The van der Waals surface area contributed by atoms with Gasteiger partial charge < -0.3 is 4.90 Å². The lowest BCUT2D eigenvalue weighted by atomic mass is 10.1. The van der Waals surface area contributed by atoms with Crippen molar-refractivity contribution in [2.75, 3.05) is 31.1 Å². The first-order chi connectivity index (χ1) is 11.2. The molecule has 1 aliphatic rings. The third-order valence-electron chi connectivity index (χ3n) is 4.46. The fourth-order valence-electron chi connectivity index (χ4n) is 3.19. The fraction of sp³-hybridized carbons (Fsp3) is 0.444. The summed E-state index contributed by atoms with van der Waals surface area (Å²) in [5.41, 5.74) is 3.75. The number of piperazine rings is 1. The summed E-state index contributed by atoms with van der Waals surface area (Å²) in [5.74, 6) is 1.13. The van der Waals surface area contributed by atoms with Gasteiger partial charge in [0.05, 0.1) is 0 Å². The van der Waals surface area contributed by atoms with Crippen LogP contribution in [0.2, 0.25) is 0 Å². The lowest BCUT2D eigenvalue weighted by molar-refractivity contribution is 0.249. The van der Waals surface area contributed by atoms with Crippen LogP contribution in [-0.4, -0.2) is 41.0 Å². The SMILES string of the molecule is CCc1c(C)ncnc1N1CCN(Cc2cccc(Br)c2)CC1. The molecule has 0 radical (unpaired) electrons. The number of hydrogen-bond acceptors (Lipinski definition) is 4. The normalized spacial score (nSPS) is 15.9. The Hall–Kier alpha value is -1.46. The van der Waals surface area contributed by atoms with E-state index in [1.165, 1.54) is 11.1 Å². The summed E-state index contributed by atoms with van der Waals surface area (Å²) in [6.45, 7) is 9.45. The highest BCUT2D eigenvalue weighted by molar-refractivity contribution is 9.10. The zero-order valence-corrected chi connectivity index (χ0v) is 15.4. The first-order valence-corrected chi connectivity index (χ1v) is 8.99. The average molecular weight is 375 g/mol. The van der Waals surface area contributed by atoms with Crippen LogP contribution < -0.4 is 4.90 Å². The van der Waals surface area contributed by atoms with Crippen LogP contribution in [0.1, 0.15) is 23.7 Å². The lowest BCUT2D eigenvalue weighted by Crippen LogP contribution is -2.46. The molecule has 1 fully saturated rings. The topological polar surface area (TPSA) is 32.3 Å². The average Bonchev–Trinajstić information content (AvgIpc) is 2.55. The Morgan fingerprint density at radius 3 is 2.61 bits per heavy atom. The van der Waals surface area contributed by atoms with Crippen molar-refractivity contribution in [1.82, 2.24) is 14.9 Å². The van der Waals surface area contributed by atoms with Crippen molar-refractivity contribution in [2.45, 2.75) is 26.8 Å². The Morgan fingerprint density at radius 1 is 1.13 bits per heavy atom. The second-order valence-electron chi connectivity index (χ2n) is 6.01. The third kappa shape index (κ3) is 3.90. The Labute approximate surface area is 146 Å². The summed E-state index contributed by atoms with van der Waals surface area (Å²) in [5, 5.41) is 0. The molecular formula is C18H23BrN4. The van der Waals surface area contributed by atoms with E-state index in [2.05, 4.69) is 73.8 Å². The van der Waals surface area contributed by atoms with Gasteiger partial charge >= 0.3 is 0 Å². The molecule has 1 saturated heterocycles. The van der Waals surface area contributed by atoms with Gasteiger partial charge in [-0.25, -0.2) is 9.97 Å². The van der Waals surface area contributed by atoms with Gasteiger partial charge in [0.2, 0.25) is 0 Å². The van der Waals surface area contributed by atoms with E-state index in [-0.39, 0.29) is 0 Å². The molecule has 1 aromatic carbocycles. The maximum absolute atomic E-state index is 4.54. The maximum atomic E-state index is 4.54. The molecule has 0 atom stereocenters. The van der Waals surface area contributed by atoms with Gasteiger partial charge in [-0.05, 0) is 31.0 Å². The first-order valence-electron chi connectivity index (χ1n) is 8.19. The molecule has 23 heavy (non-hydrogen) atoms. The van der Waals surface area contributed by atoms with Crippen molar-refractivity contribution >= 4 is 21.7 Å². The van der Waals surface area contributed by atoms with Gasteiger partial charge in [0.1, 0.15) is 12.1 Å². The van der Waals surface area contributed by atoms with Crippen molar-refractivity contribution in [2.24, 2.45) is 0 Å². The van der Waals surface area contributed by atoms with E-state index >= 15 is 0 Å². The highest BCUT2D eigenvalue weighted by Gasteiger charge is 2.20. The Morgan fingerprint density at radius 2 is 1.91 bits per heavy atom. The monoisotopic (exact) mass is 374 g/mol. The van der Waals surface area contributed by atoms with Gasteiger partial charge in [0.25, 0.3) is 0 Å². The molecule has 0 unspecified atom stereocenters. The molecule has 0 N–H and O–H groups in total. The smallest absolute Gasteiger partial charge is 0.135 e. The van der Waals surface area contributed by atoms with Crippen molar-refractivity contribution in [3.63, 3.8) is 0 Å². The summed E-state index contributed by atoms with van der Waals surface area (Å²) >= 11 is 3.55. The summed E-state index contributed by atoms with van der Waals surface area (Å²) in [4.78, 5) is 13.8. The summed E-state index contributed by atoms with van der Waals surface area (Å²) in [7, 11) is 0. The number of hydrogen-bond donors (Lipinski definition) is 0. The Kier molecular flexibility index (Phi) is 5.28. The Bertz CT molecular complexity index is 666. The van der Waals surface area contributed by atoms with Crippen LogP contribution in [0.4, 0.5) is 5.82 Å². The fourth-order valence-corrected chi connectivity index (χ4v) is 3.63. The minimum Gasteiger partial charge on any atom is -0.354 e. The number of aryl methyl sites for hydroxylation is 1. The van der Waals surface area contributed by atoms with Gasteiger partial charge in [0, 0.05) is 48.5 Å². The first kappa shape index (κ1) is 16.4. The number of benzene rings is 1. The minimum absolute atomic E-state index is 0.986. The van der Waals surface area contributed by atoms with Crippen LogP contribution >= 0.6 is 15.9 Å². The van der Waals surface area contributed by atoms with Crippen LogP contribution in [0.15, 0.2) is 35.1 Å². The minimum atomic E-state index is 0.986.